The monoisotopic (exact) mass is 169 g/mol. The zero-order valence-electron chi connectivity index (χ0n) is 7.79. The van der Waals surface area contributed by atoms with Crippen molar-refractivity contribution < 1.29 is 4.79 Å². The van der Waals surface area contributed by atoms with Gasteiger partial charge in [-0.3, -0.25) is 4.79 Å². The van der Waals surface area contributed by atoms with Crippen molar-refractivity contribution in [2.75, 3.05) is 7.05 Å². The van der Waals surface area contributed by atoms with Gasteiger partial charge in [0.05, 0.1) is 0 Å². The SMILES string of the molecule is CCC1(CC)C(=O)N(C)N=C1N. The first-order valence-electron chi connectivity index (χ1n) is 4.21. The van der Waals surface area contributed by atoms with E-state index in [1.165, 1.54) is 5.01 Å². The highest BCUT2D eigenvalue weighted by atomic mass is 16.2. The van der Waals surface area contributed by atoms with Crippen LogP contribution in [0.3, 0.4) is 0 Å². The minimum Gasteiger partial charge on any atom is -0.385 e. The van der Waals surface area contributed by atoms with E-state index in [0.29, 0.717) is 5.84 Å². The predicted octanol–water partition coefficient (Wildman–Crippen LogP) is 0.537. The number of hydrogen-bond donors (Lipinski definition) is 1. The summed E-state index contributed by atoms with van der Waals surface area (Å²) in [7, 11) is 1.64. The second kappa shape index (κ2) is 2.77. The first-order chi connectivity index (χ1) is 5.58. The fraction of sp³-hybridized carbons (Fsp3) is 0.750. The van der Waals surface area contributed by atoms with Gasteiger partial charge < -0.3 is 5.73 Å². The number of nitrogens with two attached hydrogens (primary N) is 1. The number of rotatable bonds is 2. The van der Waals surface area contributed by atoms with Crippen LogP contribution < -0.4 is 5.73 Å². The van der Waals surface area contributed by atoms with Crippen LogP contribution in [0, 0.1) is 5.41 Å². The predicted molar refractivity (Wildman–Crippen MR) is 47.4 cm³/mol. The summed E-state index contributed by atoms with van der Waals surface area (Å²) in [4.78, 5) is 11.6. The van der Waals surface area contributed by atoms with Crippen molar-refractivity contribution in [3.63, 3.8) is 0 Å². The molecule has 68 valence electrons. The Morgan fingerprint density at radius 3 is 2.17 bits per heavy atom. The summed E-state index contributed by atoms with van der Waals surface area (Å²) >= 11 is 0. The Bertz CT molecular complexity index is 230. The smallest absolute Gasteiger partial charge is 0.256 e. The minimum absolute atomic E-state index is 0.0185. The van der Waals surface area contributed by atoms with E-state index in [1.54, 1.807) is 7.05 Å². The maximum atomic E-state index is 11.6. The number of nitrogens with zero attached hydrogens (tertiary/aromatic N) is 2. The maximum Gasteiger partial charge on any atom is 0.256 e. The van der Waals surface area contributed by atoms with E-state index in [-0.39, 0.29) is 5.91 Å². The lowest BCUT2D eigenvalue weighted by Gasteiger charge is -2.23. The van der Waals surface area contributed by atoms with Crippen molar-refractivity contribution in [1.29, 1.82) is 0 Å². The highest BCUT2D eigenvalue weighted by Crippen LogP contribution is 2.33. The molecule has 0 aromatic carbocycles. The van der Waals surface area contributed by atoms with Crippen LogP contribution in [0.15, 0.2) is 5.10 Å². The van der Waals surface area contributed by atoms with Gasteiger partial charge in [0.25, 0.3) is 5.91 Å². The summed E-state index contributed by atoms with van der Waals surface area (Å²) in [6.45, 7) is 3.92. The summed E-state index contributed by atoms with van der Waals surface area (Å²) in [5, 5.41) is 5.28. The third-order valence-electron chi connectivity index (χ3n) is 2.66. The molecule has 0 spiro atoms. The molecule has 12 heavy (non-hydrogen) atoms. The fourth-order valence-electron chi connectivity index (χ4n) is 1.64. The molecule has 2 N–H and O–H groups in total. The fourth-order valence-corrected chi connectivity index (χ4v) is 1.64. The molecule has 1 heterocycles. The van der Waals surface area contributed by atoms with Crippen molar-refractivity contribution in [2.45, 2.75) is 26.7 Å². The summed E-state index contributed by atoms with van der Waals surface area (Å²) in [6.07, 6.45) is 1.45. The molecule has 0 saturated heterocycles. The average molecular weight is 169 g/mol. The standard InChI is InChI=1S/C8H15N3O/c1-4-8(5-2)6(9)10-11(3)7(8)12/h4-5H2,1-3H3,(H2,9,10). The Balaban J connectivity index is 3.04. The quantitative estimate of drug-likeness (QED) is 0.655. The molecule has 0 aromatic rings. The third kappa shape index (κ3) is 0.906. The minimum atomic E-state index is -0.519. The Hall–Kier alpha value is -1.06. The van der Waals surface area contributed by atoms with Crippen molar-refractivity contribution in [3.8, 4) is 0 Å². The molecular weight excluding hydrogens is 154 g/mol. The molecule has 4 heteroatoms. The molecule has 0 bridgehead atoms. The third-order valence-corrected chi connectivity index (χ3v) is 2.66. The second-order valence-corrected chi connectivity index (χ2v) is 3.10. The van der Waals surface area contributed by atoms with Crippen LogP contribution in [0.5, 0.6) is 0 Å². The van der Waals surface area contributed by atoms with Crippen LogP contribution in [0.1, 0.15) is 26.7 Å². The largest absolute Gasteiger partial charge is 0.385 e. The van der Waals surface area contributed by atoms with Gasteiger partial charge in [0.15, 0.2) is 0 Å². The van der Waals surface area contributed by atoms with Gasteiger partial charge in [-0.05, 0) is 12.8 Å². The average Bonchev–Trinajstić information content (AvgIpc) is 2.26. The maximum absolute atomic E-state index is 11.6. The summed E-state index contributed by atoms with van der Waals surface area (Å²) in [5.74, 6) is 0.477. The summed E-state index contributed by atoms with van der Waals surface area (Å²) in [5.41, 5.74) is 5.18. The van der Waals surface area contributed by atoms with Crippen molar-refractivity contribution in [2.24, 2.45) is 16.3 Å². The van der Waals surface area contributed by atoms with Crippen molar-refractivity contribution in [1.82, 2.24) is 5.01 Å². The Labute approximate surface area is 72.4 Å². The number of carbonyl (C=O) groups is 1. The molecule has 1 aliphatic heterocycles. The summed E-state index contributed by atoms with van der Waals surface area (Å²) in [6, 6.07) is 0. The van der Waals surface area contributed by atoms with Crippen LogP contribution >= 0.6 is 0 Å². The van der Waals surface area contributed by atoms with E-state index in [9.17, 15) is 4.79 Å². The van der Waals surface area contributed by atoms with Crippen LogP contribution in [0.4, 0.5) is 0 Å². The lowest BCUT2D eigenvalue weighted by atomic mass is 9.81. The van der Waals surface area contributed by atoms with Gasteiger partial charge in [-0.2, -0.15) is 5.10 Å². The first-order valence-corrected chi connectivity index (χ1v) is 4.21. The Morgan fingerprint density at radius 2 is 2.00 bits per heavy atom. The molecule has 0 aromatic heterocycles. The lowest BCUT2D eigenvalue weighted by molar-refractivity contribution is -0.135. The van der Waals surface area contributed by atoms with Crippen LogP contribution in [0.25, 0.3) is 0 Å². The van der Waals surface area contributed by atoms with E-state index in [0.717, 1.165) is 12.8 Å². The first kappa shape index (κ1) is 9.03. The number of carbonyl (C=O) groups excluding carboxylic acids is 1. The molecule has 1 aliphatic rings. The van der Waals surface area contributed by atoms with E-state index < -0.39 is 5.41 Å². The molecule has 4 nitrogen and oxygen atoms in total. The van der Waals surface area contributed by atoms with E-state index in [1.807, 2.05) is 13.8 Å². The van der Waals surface area contributed by atoms with Gasteiger partial charge in [0.2, 0.25) is 0 Å². The molecule has 1 amide bonds. The molecule has 0 aliphatic carbocycles. The van der Waals surface area contributed by atoms with E-state index >= 15 is 0 Å². The Kier molecular flexibility index (Phi) is 2.08. The topological polar surface area (TPSA) is 58.7 Å². The highest BCUT2D eigenvalue weighted by Gasteiger charge is 2.45. The summed E-state index contributed by atoms with van der Waals surface area (Å²) < 4.78 is 0. The van der Waals surface area contributed by atoms with Gasteiger partial charge in [-0.1, -0.05) is 13.8 Å². The van der Waals surface area contributed by atoms with Gasteiger partial charge in [0.1, 0.15) is 11.3 Å². The van der Waals surface area contributed by atoms with E-state index in [2.05, 4.69) is 5.10 Å². The van der Waals surface area contributed by atoms with Crippen molar-refractivity contribution >= 4 is 11.7 Å². The number of amidine groups is 1. The molecule has 0 fully saturated rings. The van der Waals surface area contributed by atoms with Gasteiger partial charge in [-0.25, -0.2) is 5.01 Å². The number of hydrogen-bond acceptors (Lipinski definition) is 3. The molecule has 0 atom stereocenters. The van der Waals surface area contributed by atoms with Crippen LogP contribution in [-0.2, 0) is 4.79 Å². The normalized spacial score (nSPS) is 21.4. The molecule has 0 radical (unpaired) electrons. The molecular formula is C8H15N3O. The lowest BCUT2D eigenvalue weighted by Crippen LogP contribution is -2.41. The van der Waals surface area contributed by atoms with Crippen LogP contribution in [0.2, 0.25) is 0 Å². The number of amides is 1. The van der Waals surface area contributed by atoms with Gasteiger partial charge >= 0.3 is 0 Å². The zero-order chi connectivity index (χ0) is 9.35. The second-order valence-electron chi connectivity index (χ2n) is 3.10. The molecule has 0 unspecified atom stereocenters. The highest BCUT2D eigenvalue weighted by molar-refractivity contribution is 6.10. The van der Waals surface area contributed by atoms with Crippen molar-refractivity contribution in [3.05, 3.63) is 0 Å². The van der Waals surface area contributed by atoms with Gasteiger partial charge in [-0.15, -0.1) is 0 Å². The van der Waals surface area contributed by atoms with E-state index in [4.69, 9.17) is 5.73 Å². The molecule has 1 rings (SSSR count). The van der Waals surface area contributed by atoms with Crippen LogP contribution in [-0.4, -0.2) is 23.8 Å². The molecule has 0 saturated carbocycles. The Morgan fingerprint density at radius 1 is 1.50 bits per heavy atom. The van der Waals surface area contributed by atoms with Gasteiger partial charge in [0, 0.05) is 7.05 Å². The zero-order valence-corrected chi connectivity index (χ0v) is 7.79. The number of hydrazone groups is 1.